The Labute approximate surface area is 139 Å². The van der Waals surface area contributed by atoms with Crippen molar-refractivity contribution in [3.05, 3.63) is 71.3 Å². The van der Waals surface area contributed by atoms with Gasteiger partial charge in [-0.2, -0.15) is 0 Å². The first-order chi connectivity index (χ1) is 11.6. The van der Waals surface area contributed by atoms with E-state index in [-0.39, 0.29) is 24.4 Å². The predicted molar refractivity (Wildman–Crippen MR) is 91.5 cm³/mol. The summed E-state index contributed by atoms with van der Waals surface area (Å²) < 4.78 is 5.06. The molecule has 1 amide bonds. The van der Waals surface area contributed by atoms with Crippen molar-refractivity contribution in [3.63, 3.8) is 0 Å². The van der Waals surface area contributed by atoms with Crippen molar-refractivity contribution in [1.82, 2.24) is 5.32 Å². The Kier molecular flexibility index (Phi) is 5.96. The number of hydrogen-bond donors (Lipinski definition) is 3. The number of carbonyl (C=O) groups excluding carboxylic acids is 1. The quantitative estimate of drug-likeness (QED) is 0.708. The van der Waals surface area contributed by atoms with E-state index in [0.29, 0.717) is 5.56 Å². The van der Waals surface area contributed by atoms with E-state index < -0.39 is 12.1 Å². The van der Waals surface area contributed by atoms with Crippen LogP contribution >= 0.6 is 0 Å². The van der Waals surface area contributed by atoms with Crippen LogP contribution in [0.15, 0.2) is 54.6 Å². The third-order valence-electron chi connectivity index (χ3n) is 3.22. The van der Waals surface area contributed by atoms with Crippen molar-refractivity contribution < 1.29 is 19.4 Å². The molecular weight excluding hydrogens is 308 g/mol. The molecule has 0 fully saturated rings. The number of amides is 1. The van der Waals surface area contributed by atoms with Gasteiger partial charge in [0.25, 0.3) is 0 Å². The van der Waals surface area contributed by atoms with Crippen molar-refractivity contribution in [2.75, 3.05) is 12.3 Å². The SMILES string of the molecule is Nc1cccc(C=CCNC(=O)OCc2ccccc2)c1C(=O)O. The number of nitrogen functional groups attached to an aromatic ring is 1. The van der Waals surface area contributed by atoms with E-state index in [1.54, 1.807) is 24.3 Å². The van der Waals surface area contributed by atoms with Crippen LogP contribution in [0.4, 0.5) is 10.5 Å². The molecule has 0 aromatic heterocycles. The summed E-state index contributed by atoms with van der Waals surface area (Å²) in [6, 6.07) is 14.2. The molecule has 0 unspecified atom stereocenters. The van der Waals surface area contributed by atoms with E-state index in [2.05, 4.69) is 5.32 Å². The van der Waals surface area contributed by atoms with E-state index in [4.69, 9.17) is 15.6 Å². The molecule has 0 aliphatic heterocycles. The maximum atomic E-state index is 11.6. The largest absolute Gasteiger partial charge is 0.478 e. The smallest absolute Gasteiger partial charge is 0.407 e. The molecule has 2 aromatic carbocycles. The molecule has 124 valence electrons. The predicted octanol–water partition coefficient (Wildman–Crippen LogP) is 2.91. The van der Waals surface area contributed by atoms with E-state index >= 15 is 0 Å². The minimum atomic E-state index is -1.09. The highest BCUT2D eigenvalue weighted by Crippen LogP contribution is 2.18. The highest BCUT2D eigenvalue weighted by Gasteiger charge is 2.11. The van der Waals surface area contributed by atoms with E-state index in [1.807, 2.05) is 30.3 Å². The lowest BCUT2D eigenvalue weighted by molar-refractivity contribution is 0.0697. The zero-order chi connectivity index (χ0) is 17.4. The minimum Gasteiger partial charge on any atom is -0.478 e. The maximum absolute atomic E-state index is 11.6. The van der Waals surface area contributed by atoms with Gasteiger partial charge in [-0.1, -0.05) is 54.6 Å². The van der Waals surface area contributed by atoms with Gasteiger partial charge < -0.3 is 20.9 Å². The van der Waals surface area contributed by atoms with Gasteiger partial charge >= 0.3 is 12.1 Å². The highest BCUT2D eigenvalue weighted by atomic mass is 16.5. The summed E-state index contributed by atoms with van der Waals surface area (Å²) in [5.74, 6) is -1.09. The zero-order valence-electron chi connectivity index (χ0n) is 12.9. The van der Waals surface area contributed by atoms with Gasteiger partial charge in [-0.15, -0.1) is 0 Å². The maximum Gasteiger partial charge on any atom is 0.407 e. The fourth-order valence-electron chi connectivity index (χ4n) is 2.08. The fraction of sp³-hybridized carbons (Fsp3) is 0.111. The van der Waals surface area contributed by atoms with Gasteiger partial charge in [0.05, 0.1) is 5.56 Å². The molecule has 0 atom stereocenters. The van der Waals surface area contributed by atoms with Crippen LogP contribution in [0.2, 0.25) is 0 Å². The average Bonchev–Trinajstić information content (AvgIpc) is 2.57. The summed E-state index contributed by atoms with van der Waals surface area (Å²) in [6.45, 7) is 0.399. The second kappa shape index (κ2) is 8.38. The molecule has 0 saturated carbocycles. The van der Waals surface area contributed by atoms with Crippen molar-refractivity contribution in [3.8, 4) is 0 Å². The first-order valence-corrected chi connectivity index (χ1v) is 7.31. The molecule has 24 heavy (non-hydrogen) atoms. The topological polar surface area (TPSA) is 102 Å². The van der Waals surface area contributed by atoms with Gasteiger partial charge in [0, 0.05) is 12.2 Å². The molecule has 4 N–H and O–H groups in total. The van der Waals surface area contributed by atoms with Crippen LogP contribution in [0, 0.1) is 0 Å². The number of anilines is 1. The minimum absolute atomic E-state index is 0.0420. The summed E-state index contributed by atoms with van der Waals surface area (Å²) in [6.07, 6.45) is 2.68. The summed E-state index contributed by atoms with van der Waals surface area (Å²) in [5.41, 5.74) is 7.27. The number of carbonyl (C=O) groups is 2. The van der Waals surface area contributed by atoms with Crippen molar-refractivity contribution in [1.29, 1.82) is 0 Å². The van der Waals surface area contributed by atoms with Gasteiger partial charge in [-0.25, -0.2) is 9.59 Å². The van der Waals surface area contributed by atoms with Gasteiger partial charge in [0.1, 0.15) is 6.61 Å². The highest BCUT2D eigenvalue weighted by molar-refractivity contribution is 5.97. The number of alkyl carbamates (subject to hydrolysis) is 1. The molecule has 6 heteroatoms. The van der Waals surface area contributed by atoms with Gasteiger partial charge in [0.15, 0.2) is 0 Å². The van der Waals surface area contributed by atoms with Crippen LogP contribution in [-0.2, 0) is 11.3 Å². The summed E-state index contributed by atoms with van der Waals surface area (Å²) in [5, 5.41) is 11.7. The Morgan fingerprint density at radius 2 is 1.88 bits per heavy atom. The van der Waals surface area contributed by atoms with Gasteiger partial charge in [-0.3, -0.25) is 0 Å². The molecule has 0 radical (unpaired) electrons. The zero-order valence-corrected chi connectivity index (χ0v) is 12.9. The number of aromatic carboxylic acids is 1. The van der Waals surface area contributed by atoms with E-state index in [0.717, 1.165) is 5.56 Å². The molecule has 2 aromatic rings. The molecule has 0 bridgehead atoms. The normalized spacial score (nSPS) is 10.5. The lowest BCUT2D eigenvalue weighted by Crippen LogP contribution is -2.24. The van der Waals surface area contributed by atoms with Crippen LogP contribution in [0.5, 0.6) is 0 Å². The first-order valence-electron chi connectivity index (χ1n) is 7.31. The lowest BCUT2D eigenvalue weighted by atomic mass is 10.1. The monoisotopic (exact) mass is 326 g/mol. The van der Waals surface area contributed by atoms with Gasteiger partial charge in [-0.05, 0) is 17.2 Å². The third-order valence-corrected chi connectivity index (χ3v) is 3.22. The van der Waals surface area contributed by atoms with Crippen LogP contribution in [0.25, 0.3) is 6.08 Å². The summed E-state index contributed by atoms with van der Waals surface area (Å²) in [7, 11) is 0. The van der Waals surface area contributed by atoms with E-state index in [9.17, 15) is 9.59 Å². The lowest BCUT2D eigenvalue weighted by Gasteiger charge is -2.06. The van der Waals surface area contributed by atoms with Crippen LogP contribution in [0.3, 0.4) is 0 Å². The van der Waals surface area contributed by atoms with Crippen molar-refractivity contribution >= 4 is 23.8 Å². The third kappa shape index (κ3) is 4.88. The molecule has 6 nitrogen and oxygen atoms in total. The number of carboxylic acids is 1. The van der Waals surface area contributed by atoms with Crippen LogP contribution < -0.4 is 11.1 Å². The number of nitrogens with one attached hydrogen (secondary N) is 1. The summed E-state index contributed by atoms with van der Waals surface area (Å²) in [4.78, 5) is 22.8. The van der Waals surface area contributed by atoms with Crippen molar-refractivity contribution in [2.24, 2.45) is 0 Å². The molecule has 0 aliphatic rings. The second-order valence-corrected chi connectivity index (χ2v) is 4.96. The average molecular weight is 326 g/mol. The fourth-order valence-corrected chi connectivity index (χ4v) is 2.08. The number of hydrogen-bond acceptors (Lipinski definition) is 4. The number of benzene rings is 2. The Balaban J connectivity index is 1.83. The Bertz CT molecular complexity index is 742. The molecule has 0 spiro atoms. The summed E-state index contributed by atoms with van der Waals surface area (Å²) >= 11 is 0. The molecule has 2 rings (SSSR count). The Morgan fingerprint density at radius 3 is 2.58 bits per heavy atom. The molecule has 0 saturated heterocycles. The first kappa shape index (κ1) is 17.1. The number of nitrogens with two attached hydrogens (primary N) is 1. The Hall–Kier alpha value is -3.28. The molecule has 0 heterocycles. The van der Waals surface area contributed by atoms with Crippen LogP contribution in [-0.4, -0.2) is 23.7 Å². The van der Waals surface area contributed by atoms with Gasteiger partial charge in [0.2, 0.25) is 0 Å². The van der Waals surface area contributed by atoms with Crippen molar-refractivity contribution in [2.45, 2.75) is 6.61 Å². The number of rotatable bonds is 6. The standard InChI is InChI=1S/C18H18N2O4/c19-15-10-4-8-14(16(15)17(21)22)9-5-11-20-18(23)24-12-13-6-2-1-3-7-13/h1-10H,11-12,19H2,(H,20,23)(H,21,22). The number of carboxylic acid groups (broad SMARTS) is 1. The molecule has 0 aliphatic carbocycles. The van der Waals surface area contributed by atoms with Crippen LogP contribution in [0.1, 0.15) is 21.5 Å². The second-order valence-electron chi connectivity index (χ2n) is 4.96. The number of ether oxygens (including phenoxy) is 1. The Morgan fingerprint density at radius 1 is 1.12 bits per heavy atom. The molecular formula is C18H18N2O4. The van der Waals surface area contributed by atoms with E-state index in [1.165, 1.54) is 6.07 Å².